The van der Waals surface area contributed by atoms with Crippen molar-refractivity contribution in [3.63, 3.8) is 0 Å². The summed E-state index contributed by atoms with van der Waals surface area (Å²) in [6.07, 6.45) is 9.87. The molecule has 82 heavy (non-hydrogen) atoms. The molecule has 0 aliphatic heterocycles. The Morgan fingerprint density at radius 3 is 1.24 bits per heavy atom. The fraction of sp³-hybridized carbons (Fsp3) is 0.859. The third-order valence-electron chi connectivity index (χ3n) is 23.6. The molecule has 18 heteroatoms. The average molecular weight is 1150 g/mol. The van der Waals surface area contributed by atoms with Gasteiger partial charge in [-0.3, -0.25) is 43.2 Å². The average Bonchev–Trinajstić information content (AvgIpc) is 1.41. The highest BCUT2D eigenvalue weighted by atomic mass is 16.6. The van der Waals surface area contributed by atoms with E-state index in [2.05, 4.69) is 52.2 Å². The highest BCUT2D eigenvalue weighted by Gasteiger charge is 2.70. The van der Waals surface area contributed by atoms with Crippen molar-refractivity contribution in [1.82, 2.24) is 10.6 Å². The van der Waals surface area contributed by atoms with Gasteiger partial charge in [0, 0.05) is 70.1 Å². The number of amides is 2. The lowest BCUT2D eigenvalue weighted by Gasteiger charge is -2.64. The van der Waals surface area contributed by atoms with Crippen LogP contribution in [-0.4, -0.2) is 110 Å². The highest BCUT2D eigenvalue weighted by molar-refractivity contribution is 5.82. The molecule has 8 aliphatic rings. The maximum Gasteiger partial charge on any atom is 0.325 e. The predicted molar refractivity (Wildman–Crippen MR) is 299 cm³/mol. The Kier molecular flexibility index (Phi) is 19.6. The minimum atomic E-state index is -0.510. The first-order valence-electron chi connectivity index (χ1n) is 31.4. The minimum absolute atomic E-state index is 0.0162. The maximum atomic E-state index is 13.6. The summed E-state index contributed by atoms with van der Waals surface area (Å²) in [5, 5.41) is 5.52. The van der Waals surface area contributed by atoms with Crippen molar-refractivity contribution in [3.8, 4) is 0 Å². The predicted octanol–water partition coefficient (Wildman–Crippen LogP) is 8.94. The summed E-state index contributed by atoms with van der Waals surface area (Å²) in [5.74, 6) is -2.03. The second-order valence-corrected chi connectivity index (χ2v) is 27.8. The molecule has 2 N–H and O–H groups in total. The van der Waals surface area contributed by atoms with Gasteiger partial charge in [0.25, 0.3) is 0 Å². The van der Waals surface area contributed by atoms with Gasteiger partial charge in [-0.15, -0.1) is 0 Å². The molecule has 0 heterocycles. The number of fused-ring (bicyclic) bond motifs is 10. The fourth-order valence-corrected chi connectivity index (χ4v) is 20.1. The van der Waals surface area contributed by atoms with Gasteiger partial charge in [-0.25, -0.2) is 0 Å². The summed E-state index contributed by atoms with van der Waals surface area (Å²) in [7, 11) is 0. The van der Waals surface area contributed by atoms with Crippen molar-refractivity contribution in [2.45, 2.75) is 235 Å². The molecule has 0 aromatic heterocycles. The molecular weight excluding hydrogens is 1050 g/mol. The second-order valence-electron chi connectivity index (χ2n) is 27.8. The lowest BCUT2D eigenvalue weighted by molar-refractivity contribution is -0.225. The van der Waals surface area contributed by atoms with E-state index in [4.69, 9.17) is 33.2 Å². The van der Waals surface area contributed by atoms with Gasteiger partial charge < -0.3 is 43.8 Å². The number of hydrogen-bond acceptors (Lipinski definition) is 16. The quantitative estimate of drug-likeness (QED) is 0.0906. The molecule has 2 amide bonds. The molecule has 0 bridgehead atoms. The van der Waals surface area contributed by atoms with Crippen LogP contribution >= 0.6 is 0 Å². The monoisotopic (exact) mass is 1150 g/mol. The Morgan fingerprint density at radius 1 is 0.463 bits per heavy atom. The molecule has 8 rings (SSSR count). The summed E-state index contributed by atoms with van der Waals surface area (Å²) in [4.78, 5) is 116. The summed E-state index contributed by atoms with van der Waals surface area (Å²) in [6.45, 7) is 22.3. The number of nitrogens with one attached hydrogen (secondary N) is 2. The molecular formula is C64H98N2O16. The van der Waals surface area contributed by atoms with Crippen molar-refractivity contribution in [3.05, 3.63) is 0 Å². The lowest BCUT2D eigenvalue weighted by Crippen LogP contribution is -2.63. The van der Waals surface area contributed by atoms with Gasteiger partial charge in [0.05, 0.1) is 6.61 Å². The summed E-state index contributed by atoms with van der Waals surface area (Å²) < 4.78 is 42.1. The lowest BCUT2D eigenvalue weighted by atomic mass is 9.43. The molecule has 18 nitrogen and oxygen atoms in total. The first kappa shape index (κ1) is 63.3. The Bertz CT molecular complexity index is 2410. The Morgan fingerprint density at radius 2 is 0.854 bits per heavy atom. The van der Waals surface area contributed by atoms with E-state index in [1.165, 1.54) is 34.6 Å². The van der Waals surface area contributed by atoms with E-state index >= 15 is 0 Å². The molecule has 0 aromatic rings. The number of rotatable bonds is 19. The number of hydrogen-bond donors (Lipinski definition) is 2. The normalized spacial score (nSPS) is 40.4. The first-order valence-corrected chi connectivity index (χ1v) is 31.4. The van der Waals surface area contributed by atoms with Gasteiger partial charge >= 0.3 is 41.8 Å². The van der Waals surface area contributed by atoms with E-state index in [1.807, 2.05) is 0 Å². The third kappa shape index (κ3) is 12.8. The van der Waals surface area contributed by atoms with Crippen LogP contribution < -0.4 is 10.6 Å². The summed E-state index contributed by atoms with van der Waals surface area (Å²) in [5.41, 5.74) is -1.23. The van der Waals surface area contributed by atoms with Gasteiger partial charge in [0.2, 0.25) is 11.8 Å². The van der Waals surface area contributed by atoms with E-state index in [-0.39, 0.29) is 180 Å². The van der Waals surface area contributed by atoms with Crippen LogP contribution in [0.4, 0.5) is 0 Å². The smallest absolute Gasteiger partial charge is 0.325 e. The number of carbonyl (C=O) groups excluding carboxylic acids is 9. The second kappa shape index (κ2) is 25.4. The van der Waals surface area contributed by atoms with Gasteiger partial charge in [0.1, 0.15) is 49.7 Å². The first-order chi connectivity index (χ1) is 38.6. The van der Waals surface area contributed by atoms with Crippen molar-refractivity contribution in [1.29, 1.82) is 0 Å². The van der Waals surface area contributed by atoms with Crippen LogP contribution in [0.25, 0.3) is 0 Å². The van der Waals surface area contributed by atoms with Crippen LogP contribution in [0.5, 0.6) is 0 Å². The zero-order chi connectivity index (χ0) is 59.8. The van der Waals surface area contributed by atoms with Crippen LogP contribution in [0, 0.1) is 92.7 Å². The van der Waals surface area contributed by atoms with Gasteiger partial charge in [-0.05, 0) is 180 Å². The zero-order valence-electron chi connectivity index (χ0n) is 51.3. The molecule has 8 saturated carbocycles. The minimum Gasteiger partial charge on any atom is -0.465 e. The molecule has 0 radical (unpaired) electrons. The molecule has 8 fully saturated rings. The Balaban J connectivity index is 0.876. The number of carbonyl (C=O) groups is 9. The maximum absolute atomic E-state index is 13.6. The molecule has 0 spiro atoms. The van der Waals surface area contributed by atoms with E-state index in [0.29, 0.717) is 57.8 Å². The molecule has 460 valence electrons. The highest BCUT2D eigenvalue weighted by Crippen LogP contribution is 2.71. The molecule has 0 aromatic carbocycles. The standard InChI is InChI=1S/C64H98N2O16/c1-13-76-57(74)32-65-55(72)20-14-34(2)45-16-19-48-60-50(31-54(63(45,48)11)81-40(8)71)62(10)25-23-44(27-42(62)29-52(60)79-38(6)69)82-58(75)33-66-56(73)21-15-35(3)46-17-18-47-59-49(30-53(64(46,47)12)80-39(7)70)61(9)24-22-43(77-36(4)67)26-41(61)28-51(59)78-37(5)68/h34-35,41-54,59-60H,13-33H2,1-12H3,(H,65,72)(H,66,73)/t34-,35-,41+,42+,43-,44-,45-,46-,47+,48+,49+,50+,51-,52-,53+,54+,59+,60+,61+,62+,63-,64-/m1/s1. The van der Waals surface area contributed by atoms with Crippen LogP contribution in [0.2, 0.25) is 0 Å². The van der Waals surface area contributed by atoms with E-state index in [0.717, 1.165) is 44.9 Å². The fourth-order valence-electron chi connectivity index (χ4n) is 20.1. The van der Waals surface area contributed by atoms with Crippen LogP contribution in [0.15, 0.2) is 0 Å². The summed E-state index contributed by atoms with van der Waals surface area (Å²) in [6, 6.07) is 0. The molecule has 22 atom stereocenters. The van der Waals surface area contributed by atoms with Gasteiger partial charge in [-0.2, -0.15) is 0 Å². The molecule has 0 saturated heterocycles. The van der Waals surface area contributed by atoms with E-state index in [9.17, 15) is 43.2 Å². The van der Waals surface area contributed by atoms with Gasteiger partial charge in [0.15, 0.2) is 0 Å². The number of esters is 7. The summed E-state index contributed by atoms with van der Waals surface area (Å²) >= 11 is 0. The topological polar surface area (TPSA) is 242 Å². The molecule has 8 aliphatic carbocycles. The van der Waals surface area contributed by atoms with E-state index in [1.54, 1.807) is 6.92 Å². The SMILES string of the molecule is CCOC(=O)CNC(=O)CC[C@@H](C)[C@H]1CC[C@H]2[C@@H]3[C@H](OC(C)=O)C[C@@H]4C[C@H](OC(=O)CNC(=O)CC[C@@H](C)[C@H]5CC[C@H]6[C@@H]7[C@H](OC(C)=O)C[C@@H]8C[C@H](OC(C)=O)CC[C@]8(C)[C@H]7C[C@H](OC(C)=O)[C@]56C)CC[C@]4(C)[C@H]3C[C@H](OC(C)=O)[C@]12C. The van der Waals surface area contributed by atoms with Gasteiger partial charge in [-0.1, -0.05) is 41.5 Å². The number of ether oxygens (including phenoxy) is 7. The third-order valence-corrected chi connectivity index (χ3v) is 23.6. The Labute approximate surface area is 486 Å². The van der Waals surface area contributed by atoms with E-state index < -0.39 is 35.0 Å². The van der Waals surface area contributed by atoms with Crippen LogP contribution in [0.3, 0.4) is 0 Å². The van der Waals surface area contributed by atoms with Crippen molar-refractivity contribution >= 4 is 53.6 Å². The van der Waals surface area contributed by atoms with Crippen molar-refractivity contribution in [2.24, 2.45) is 92.7 Å². The van der Waals surface area contributed by atoms with Crippen LogP contribution in [0.1, 0.15) is 199 Å². The van der Waals surface area contributed by atoms with Crippen molar-refractivity contribution in [2.75, 3.05) is 19.7 Å². The zero-order valence-corrected chi connectivity index (χ0v) is 51.3. The largest absolute Gasteiger partial charge is 0.465 e. The Hall–Kier alpha value is -4.77. The van der Waals surface area contributed by atoms with Crippen molar-refractivity contribution < 1.29 is 76.3 Å². The molecule has 0 unspecified atom stereocenters. The van der Waals surface area contributed by atoms with Crippen LogP contribution in [-0.2, 0) is 76.3 Å².